The summed E-state index contributed by atoms with van der Waals surface area (Å²) in [5.41, 5.74) is 5.01. The molecule has 0 radical (unpaired) electrons. The van der Waals surface area contributed by atoms with Gasteiger partial charge in [0.05, 0.1) is 17.8 Å². The lowest BCUT2D eigenvalue weighted by Gasteiger charge is -2.30. The largest absolute Gasteiger partial charge is 0.444 e. The standard InChI is InChI=1S/C30H25NO3/c1-20-28-23(16-26-24-14-8-9-15-25(24)30(32)34-29(20)26)17-31(19-33-28)18-27(21-10-4-2-5-11-21)22-12-6-3-7-13-22/h2-16,27H,17-19H2,1H3/p+1. The third kappa shape index (κ3) is 3.57. The van der Waals surface area contributed by atoms with Crippen molar-refractivity contribution in [3.05, 3.63) is 124 Å². The summed E-state index contributed by atoms with van der Waals surface area (Å²) < 4.78 is 12.0. The molecule has 4 nitrogen and oxygen atoms in total. The number of nitrogens with one attached hydrogen (secondary N) is 1. The Morgan fingerprint density at radius 1 is 0.824 bits per heavy atom. The molecule has 0 spiro atoms. The van der Waals surface area contributed by atoms with Gasteiger partial charge in [-0.2, -0.15) is 0 Å². The molecular weight excluding hydrogens is 422 g/mol. The molecule has 6 rings (SSSR count). The van der Waals surface area contributed by atoms with Crippen LogP contribution in [0.1, 0.15) is 28.2 Å². The summed E-state index contributed by atoms with van der Waals surface area (Å²) in [7, 11) is 0. The lowest BCUT2D eigenvalue weighted by Crippen LogP contribution is -3.12. The number of rotatable bonds is 4. The Balaban J connectivity index is 1.39. The van der Waals surface area contributed by atoms with Gasteiger partial charge in [-0.15, -0.1) is 0 Å². The molecule has 0 aliphatic carbocycles. The van der Waals surface area contributed by atoms with Crippen LogP contribution in [0.4, 0.5) is 0 Å². The summed E-state index contributed by atoms with van der Waals surface area (Å²) in [5.74, 6) is 1.13. The highest BCUT2D eigenvalue weighted by molar-refractivity contribution is 6.06. The van der Waals surface area contributed by atoms with Crippen LogP contribution in [-0.4, -0.2) is 13.3 Å². The third-order valence-electron chi connectivity index (χ3n) is 6.93. The molecule has 0 saturated heterocycles. The van der Waals surface area contributed by atoms with Crippen LogP contribution in [0.5, 0.6) is 5.75 Å². The average Bonchev–Trinajstić information content (AvgIpc) is 2.89. The van der Waals surface area contributed by atoms with Crippen LogP contribution in [-0.2, 0) is 6.54 Å². The van der Waals surface area contributed by atoms with Gasteiger partial charge in [0, 0.05) is 16.5 Å². The summed E-state index contributed by atoms with van der Waals surface area (Å²) in [6.07, 6.45) is 0. The Morgan fingerprint density at radius 3 is 2.12 bits per heavy atom. The third-order valence-corrected chi connectivity index (χ3v) is 6.93. The van der Waals surface area contributed by atoms with Crippen LogP contribution in [0.3, 0.4) is 0 Å². The van der Waals surface area contributed by atoms with Crippen molar-refractivity contribution < 1.29 is 14.1 Å². The fourth-order valence-electron chi connectivity index (χ4n) is 5.27. The highest BCUT2D eigenvalue weighted by Gasteiger charge is 2.28. The van der Waals surface area contributed by atoms with Crippen LogP contribution >= 0.6 is 0 Å². The highest BCUT2D eigenvalue weighted by atomic mass is 16.5. The smallest absolute Gasteiger partial charge is 0.344 e. The van der Waals surface area contributed by atoms with E-state index in [0.717, 1.165) is 40.7 Å². The predicted molar refractivity (Wildman–Crippen MR) is 134 cm³/mol. The van der Waals surface area contributed by atoms with Gasteiger partial charge in [-0.25, -0.2) is 4.79 Å². The maximum atomic E-state index is 12.5. The molecule has 0 amide bonds. The first-order valence-electron chi connectivity index (χ1n) is 11.7. The first-order chi connectivity index (χ1) is 16.7. The molecule has 34 heavy (non-hydrogen) atoms. The summed E-state index contributed by atoms with van der Waals surface area (Å²) >= 11 is 0. The SMILES string of the molecule is Cc1c2c(cc3c1oc(=O)c1ccccc13)C[NH+](CC(c1ccccc1)c1ccccc1)CO2. The zero-order valence-electron chi connectivity index (χ0n) is 19.1. The fourth-order valence-corrected chi connectivity index (χ4v) is 5.27. The van der Waals surface area contributed by atoms with Gasteiger partial charge >= 0.3 is 5.63 Å². The highest BCUT2D eigenvalue weighted by Crippen LogP contribution is 2.35. The minimum absolute atomic E-state index is 0.281. The van der Waals surface area contributed by atoms with Gasteiger partial charge in [0.2, 0.25) is 6.73 Å². The predicted octanol–water partition coefficient (Wildman–Crippen LogP) is 4.82. The van der Waals surface area contributed by atoms with Crippen LogP contribution in [0, 0.1) is 6.92 Å². The lowest BCUT2D eigenvalue weighted by molar-refractivity contribution is -0.933. The van der Waals surface area contributed by atoms with Crippen molar-refractivity contribution in [2.45, 2.75) is 19.4 Å². The van der Waals surface area contributed by atoms with E-state index in [1.807, 2.05) is 31.2 Å². The van der Waals surface area contributed by atoms with E-state index in [1.165, 1.54) is 16.0 Å². The van der Waals surface area contributed by atoms with E-state index in [9.17, 15) is 4.79 Å². The molecule has 1 unspecified atom stereocenters. The van der Waals surface area contributed by atoms with Crippen LogP contribution in [0.15, 0.2) is 100 Å². The molecule has 1 aliphatic rings. The number of aryl methyl sites for hydroxylation is 1. The quantitative estimate of drug-likeness (QED) is 0.317. The normalized spacial score (nSPS) is 15.4. The van der Waals surface area contributed by atoms with E-state index in [0.29, 0.717) is 17.7 Å². The van der Waals surface area contributed by atoms with E-state index in [1.54, 1.807) is 0 Å². The van der Waals surface area contributed by atoms with Crippen molar-refractivity contribution in [3.63, 3.8) is 0 Å². The minimum atomic E-state index is -0.303. The number of fused-ring (bicyclic) bond motifs is 4. The van der Waals surface area contributed by atoms with Crippen molar-refractivity contribution >= 4 is 21.7 Å². The van der Waals surface area contributed by atoms with E-state index in [-0.39, 0.29) is 11.5 Å². The molecule has 4 heteroatoms. The molecule has 0 fully saturated rings. The second-order valence-electron chi connectivity index (χ2n) is 9.10. The molecular formula is C30H26NO3+. The van der Waals surface area contributed by atoms with Crippen LogP contribution in [0.25, 0.3) is 21.7 Å². The van der Waals surface area contributed by atoms with E-state index in [2.05, 4.69) is 66.7 Å². The summed E-state index contributed by atoms with van der Waals surface area (Å²) in [6, 6.07) is 31.2. The Bertz CT molecular complexity index is 1500. The summed E-state index contributed by atoms with van der Waals surface area (Å²) in [4.78, 5) is 13.9. The molecule has 4 aromatic carbocycles. The topological polar surface area (TPSA) is 43.9 Å². The Hall–Kier alpha value is -3.89. The lowest BCUT2D eigenvalue weighted by atomic mass is 9.90. The summed E-state index contributed by atoms with van der Waals surface area (Å²) in [5, 5.41) is 2.51. The molecule has 168 valence electrons. The monoisotopic (exact) mass is 448 g/mol. The van der Waals surface area contributed by atoms with E-state index >= 15 is 0 Å². The average molecular weight is 449 g/mol. The molecule has 1 atom stereocenters. The van der Waals surface area contributed by atoms with Crippen molar-refractivity contribution in [3.8, 4) is 5.75 Å². The van der Waals surface area contributed by atoms with Gasteiger partial charge in [0.15, 0.2) is 0 Å². The van der Waals surface area contributed by atoms with E-state index in [4.69, 9.17) is 9.15 Å². The molecule has 2 heterocycles. The molecule has 1 aliphatic heterocycles. The Morgan fingerprint density at radius 2 is 1.44 bits per heavy atom. The van der Waals surface area contributed by atoms with Crippen molar-refractivity contribution in [2.75, 3.05) is 13.3 Å². The molecule has 1 N–H and O–H groups in total. The van der Waals surface area contributed by atoms with Crippen molar-refractivity contribution in [1.82, 2.24) is 0 Å². The number of hydrogen-bond donors (Lipinski definition) is 1. The maximum absolute atomic E-state index is 12.5. The molecule has 0 saturated carbocycles. The Labute approximate surface area is 198 Å². The van der Waals surface area contributed by atoms with E-state index < -0.39 is 0 Å². The molecule has 5 aromatic rings. The molecule has 1 aromatic heterocycles. The fraction of sp³-hybridized carbons (Fsp3) is 0.167. The number of benzene rings is 4. The van der Waals surface area contributed by atoms with Gasteiger partial charge in [-0.1, -0.05) is 78.9 Å². The Kier molecular flexibility index (Phi) is 5.16. The first-order valence-corrected chi connectivity index (χ1v) is 11.7. The second kappa shape index (κ2) is 8.47. The van der Waals surface area contributed by atoms with Crippen LogP contribution in [0.2, 0.25) is 0 Å². The number of hydrogen-bond acceptors (Lipinski definition) is 3. The van der Waals surface area contributed by atoms with Gasteiger partial charge in [-0.3, -0.25) is 4.90 Å². The maximum Gasteiger partial charge on any atom is 0.344 e. The van der Waals surface area contributed by atoms with Gasteiger partial charge in [0.25, 0.3) is 0 Å². The minimum Gasteiger partial charge on any atom is -0.444 e. The second-order valence-corrected chi connectivity index (χ2v) is 9.10. The number of quaternary nitrogens is 1. The summed E-state index contributed by atoms with van der Waals surface area (Å²) in [6.45, 7) is 4.35. The zero-order valence-corrected chi connectivity index (χ0v) is 19.1. The zero-order chi connectivity index (χ0) is 23.1. The van der Waals surface area contributed by atoms with Crippen molar-refractivity contribution in [2.24, 2.45) is 0 Å². The van der Waals surface area contributed by atoms with Gasteiger partial charge < -0.3 is 9.15 Å². The number of ether oxygens (including phenoxy) is 1. The molecule has 0 bridgehead atoms. The van der Waals surface area contributed by atoms with Crippen LogP contribution < -0.4 is 15.3 Å². The van der Waals surface area contributed by atoms with Gasteiger partial charge in [-0.05, 0) is 35.6 Å². The van der Waals surface area contributed by atoms with Crippen molar-refractivity contribution in [1.29, 1.82) is 0 Å². The first kappa shape index (κ1) is 20.7. The van der Waals surface area contributed by atoms with Gasteiger partial charge in [0.1, 0.15) is 17.9 Å².